The van der Waals surface area contributed by atoms with Gasteiger partial charge < -0.3 is 15.4 Å². The number of amides is 1. The number of hydrogen-bond donors (Lipinski definition) is 3. The minimum Gasteiger partial charge on any atom is -0.477 e. The van der Waals surface area contributed by atoms with Crippen LogP contribution in [0.25, 0.3) is 5.82 Å². The monoisotopic (exact) mass is 651 g/mol. The lowest BCUT2D eigenvalue weighted by Gasteiger charge is -2.27. The largest absolute Gasteiger partial charge is 0.477 e. The zero-order valence-electron chi connectivity index (χ0n) is 24.9. The Morgan fingerprint density at radius 1 is 1.23 bits per heavy atom. The van der Waals surface area contributed by atoms with Crippen LogP contribution in [0.1, 0.15) is 63.2 Å². The molecule has 14 heteroatoms. The fourth-order valence-corrected chi connectivity index (χ4v) is 6.82. The summed E-state index contributed by atoms with van der Waals surface area (Å²) in [5.74, 6) is 1.44. The van der Waals surface area contributed by atoms with Crippen molar-refractivity contribution in [1.82, 2.24) is 29.8 Å². The number of hydrogen-bond acceptors (Lipinski definition) is 7. The Morgan fingerprint density at radius 3 is 2.68 bits per heavy atom. The molecule has 1 saturated carbocycles. The third-order valence-corrected chi connectivity index (χ3v) is 10.3. The molecular formula is C30H37ClF3N7O2S. The highest BCUT2D eigenvalue weighted by Crippen LogP contribution is 2.59. The molecule has 1 aliphatic heterocycles. The van der Waals surface area contributed by atoms with Gasteiger partial charge in [-0.3, -0.25) is 9.52 Å². The lowest BCUT2D eigenvalue weighted by atomic mass is 9.86. The molecule has 4 heterocycles. The smallest absolute Gasteiger partial charge is 0.394 e. The molecule has 3 N–H and O–H groups in total. The van der Waals surface area contributed by atoms with Gasteiger partial charge in [0.1, 0.15) is 16.0 Å². The van der Waals surface area contributed by atoms with Crippen LogP contribution in [0, 0.1) is 11.3 Å². The molecule has 0 spiro atoms. The lowest BCUT2D eigenvalue weighted by Crippen LogP contribution is -2.38. The van der Waals surface area contributed by atoms with E-state index in [4.69, 9.17) is 21.3 Å². The van der Waals surface area contributed by atoms with Gasteiger partial charge in [0.05, 0.1) is 17.6 Å². The van der Waals surface area contributed by atoms with Crippen LogP contribution in [-0.4, -0.2) is 62.4 Å². The number of carbonyl (C=O) groups excluding carboxylic acids is 1. The Morgan fingerprint density at radius 2 is 2.02 bits per heavy atom. The fourth-order valence-electron chi connectivity index (χ4n) is 5.39. The SMILES string of the molecule is C/C=S(/NC(=O)c1ccc(-n2ccc(OCCC3(C(F)(F)F)CC3)n2)nc1Cl)c1cccc(NCCC2CCNC2(C)C)n1. The van der Waals surface area contributed by atoms with Crippen LogP contribution in [0.3, 0.4) is 0 Å². The van der Waals surface area contributed by atoms with Gasteiger partial charge in [0.15, 0.2) is 5.82 Å². The zero-order valence-corrected chi connectivity index (χ0v) is 26.5. The van der Waals surface area contributed by atoms with E-state index >= 15 is 0 Å². The number of nitrogens with zero attached hydrogens (tertiary/aromatic N) is 4. The van der Waals surface area contributed by atoms with Crippen LogP contribution in [0.15, 0.2) is 47.6 Å². The summed E-state index contributed by atoms with van der Waals surface area (Å²) in [5.41, 5.74) is -1.31. The van der Waals surface area contributed by atoms with Crippen LogP contribution in [-0.2, 0) is 0 Å². The second kappa shape index (κ2) is 13.1. The third-order valence-electron chi connectivity index (χ3n) is 8.44. The maximum absolute atomic E-state index is 13.2. The predicted octanol–water partition coefficient (Wildman–Crippen LogP) is 6.41. The van der Waals surface area contributed by atoms with Crippen molar-refractivity contribution in [2.45, 2.75) is 69.6 Å². The summed E-state index contributed by atoms with van der Waals surface area (Å²) >= 11 is 6.41. The van der Waals surface area contributed by atoms with E-state index in [1.165, 1.54) is 10.7 Å². The molecule has 2 atom stereocenters. The molecule has 44 heavy (non-hydrogen) atoms. The van der Waals surface area contributed by atoms with Gasteiger partial charge in [-0.05, 0) is 106 Å². The van der Waals surface area contributed by atoms with Crippen molar-refractivity contribution in [3.8, 4) is 11.7 Å². The van der Waals surface area contributed by atoms with E-state index in [1.807, 2.05) is 30.5 Å². The number of pyridine rings is 2. The summed E-state index contributed by atoms with van der Waals surface area (Å²) in [4.78, 5) is 22.2. The van der Waals surface area contributed by atoms with Crippen molar-refractivity contribution in [3.63, 3.8) is 0 Å². The standard InChI is InChI=1S/C30H37ClF3N7O2S/c1-4-44(25-7-5-6-22(37-25)35-16-10-20-11-17-36-28(20,2)3)40-27(42)21-8-9-23(38-26(21)31)41-18-12-24(39-41)43-19-15-29(13-14-29)30(32,33)34/h4-9,12,18,20,36H,10-11,13-17,19H2,1-3H3,(H,35,37)(H,40,42). The number of anilines is 1. The second-order valence-corrected chi connectivity index (χ2v) is 13.8. The Balaban J connectivity index is 1.16. The number of nitrogens with one attached hydrogen (secondary N) is 3. The van der Waals surface area contributed by atoms with E-state index in [0.29, 0.717) is 16.8 Å². The Kier molecular flexibility index (Phi) is 9.57. The quantitative estimate of drug-likeness (QED) is 0.153. The van der Waals surface area contributed by atoms with Crippen molar-refractivity contribution >= 4 is 39.4 Å². The average molecular weight is 652 g/mol. The number of ether oxygens (including phenoxy) is 1. The number of aromatic nitrogens is 4. The Bertz CT molecular complexity index is 1520. The fraction of sp³-hybridized carbons (Fsp3) is 0.500. The van der Waals surface area contributed by atoms with Crippen LogP contribution in [0.2, 0.25) is 5.15 Å². The highest BCUT2D eigenvalue weighted by molar-refractivity contribution is 8.13. The number of carbonyl (C=O) groups is 1. The van der Waals surface area contributed by atoms with Crippen molar-refractivity contribution in [2.24, 2.45) is 11.3 Å². The summed E-state index contributed by atoms with van der Waals surface area (Å²) in [7, 11) is -0.790. The van der Waals surface area contributed by atoms with Crippen molar-refractivity contribution in [3.05, 3.63) is 53.3 Å². The van der Waals surface area contributed by atoms with E-state index < -0.39 is 28.2 Å². The first-order chi connectivity index (χ1) is 20.9. The second-order valence-electron chi connectivity index (χ2n) is 11.7. The first-order valence-corrected chi connectivity index (χ1v) is 16.3. The molecule has 0 aromatic carbocycles. The summed E-state index contributed by atoms with van der Waals surface area (Å²) in [6.07, 6.45) is -0.314. The van der Waals surface area contributed by atoms with Crippen LogP contribution < -0.4 is 20.1 Å². The minimum atomic E-state index is -4.22. The maximum Gasteiger partial charge on any atom is 0.394 e. The number of rotatable bonds is 12. The molecular weight excluding hydrogens is 615 g/mol. The van der Waals surface area contributed by atoms with E-state index in [9.17, 15) is 18.0 Å². The van der Waals surface area contributed by atoms with Gasteiger partial charge >= 0.3 is 6.18 Å². The van der Waals surface area contributed by atoms with Crippen molar-refractivity contribution in [2.75, 3.05) is 25.0 Å². The van der Waals surface area contributed by atoms with Gasteiger partial charge in [0, 0.05) is 24.3 Å². The molecule has 1 aliphatic carbocycles. The normalized spacial score (nSPS) is 19.5. The minimum absolute atomic E-state index is 0.0221. The van der Waals surface area contributed by atoms with E-state index in [2.05, 4.69) is 39.3 Å². The molecule has 238 valence electrons. The van der Waals surface area contributed by atoms with E-state index in [0.717, 1.165) is 31.7 Å². The van der Waals surface area contributed by atoms with Crippen LogP contribution >= 0.6 is 22.3 Å². The Hall–Kier alpha value is -3.16. The van der Waals surface area contributed by atoms with E-state index in [-0.39, 0.29) is 48.0 Å². The van der Waals surface area contributed by atoms with Crippen molar-refractivity contribution < 1.29 is 22.7 Å². The molecule has 0 radical (unpaired) electrons. The highest BCUT2D eigenvalue weighted by Gasteiger charge is 2.62. The van der Waals surface area contributed by atoms with Gasteiger partial charge in [-0.2, -0.15) is 13.2 Å². The number of alkyl halides is 3. The zero-order chi connectivity index (χ0) is 31.5. The summed E-state index contributed by atoms with van der Waals surface area (Å²) in [6.45, 7) is 8.09. The average Bonchev–Trinajstić information content (AvgIpc) is 3.51. The predicted molar refractivity (Wildman–Crippen MR) is 167 cm³/mol. The molecule has 2 aliphatic rings. The van der Waals surface area contributed by atoms with Gasteiger partial charge in [-0.25, -0.2) is 14.6 Å². The molecule has 9 nitrogen and oxygen atoms in total. The maximum atomic E-state index is 13.2. The van der Waals surface area contributed by atoms with Gasteiger partial charge in [-0.1, -0.05) is 17.7 Å². The van der Waals surface area contributed by atoms with E-state index in [1.54, 1.807) is 18.3 Å². The van der Waals surface area contributed by atoms with Crippen LogP contribution in [0.4, 0.5) is 19.0 Å². The highest BCUT2D eigenvalue weighted by atomic mass is 35.5. The van der Waals surface area contributed by atoms with Gasteiger partial charge in [0.2, 0.25) is 5.88 Å². The van der Waals surface area contributed by atoms with Crippen molar-refractivity contribution in [1.29, 1.82) is 0 Å². The summed E-state index contributed by atoms with van der Waals surface area (Å²) in [5, 5.41) is 13.8. The first kappa shape index (κ1) is 32.2. The molecule has 5 rings (SSSR count). The molecule has 2 unspecified atom stereocenters. The molecule has 3 aromatic heterocycles. The molecule has 0 bridgehead atoms. The molecule has 1 amide bonds. The van der Waals surface area contributed by atoms with Gasteiger partial charge in [0.25, 0.3) is 5.91 Å². The molecule has 3 aromatic rings. The topological polar surface area (TPSA) is 106 Å². The number of halogens is 4. The summed E-state index contributed by atoms with van der Waals surface area (Å²) < 4.78 is 49.2. The molecule has 2 fully saturated rings. The van der Waals surface area contributed by atoms with Gasteiger partial charge in [-0.15, -0.1) is 5.10 Å². The molecule has 1 saturated heterocycles. The third kappa shape index (κ3) is 7.37. The van der Waals surface area contributed by atoms with Crippen LogP contribution in [0.5, 0.6) is 5.88 Å². The first-order valence-electron chi connectivity index (χ1n) is 14.6. The lowest BCUT2D eigenvalue weighted by molar-refractivity contribution is -0.190. The Labute approximate surface area is 262 Å². The summed E-state index contributed by atoms with van der Waals surface area (Å²) in [6, 6.07) is 10.4.